The van der Waals surface area contributed by atoms with Gasteiger partial charge in [-0.25, -0.2) is 0 Å². The number of hydrogen-bond acceptors (Lipinski definition) is 4. The Kier molecular flexibility index (Phi) is 4.55. The molecule has 0 amide bonds. The van der Waals surface area contributed by atoms with Gasteiger partial charge in [0, 0.05) is 12.7 Å². The molecule has 1 aromatic carbocycles. The van der Waals surface area contributed by atoms with Crippen molar-refractivity contribution >= 4 is 0 Å². The van der Waals surface area contributed by atoms with Crippen LogP contribution in [0.1, 0.15) is 5.56 Å². The van der Waals surface area contributed by atoms with Gasteiger partial charge in [0.2, 0.25) is 0 Å². The minimum Gasteiger partial charge on any atom is -0.490 e. The largest absolute Gasteiger partial charge is 0.490 e. The number of hydrogen-bond donors (Lipinski definition) is 1. The van der Waals surface area contributed by atoms with E-state index < -0.39 is 0 Å². The Bertz CT molecular complexity index is 474. The van der Waals surface area contributed by atoms with Crippen LogP contribution in [-0.2, 0) is 6.54 Å². The average Bonchev–Trinajstić information content (AvgIpc) is 2.45. The Morgan fingerprint density at radius 2 is 1.78 bits per heavy atom. The van der Waals surface area contributed by atoms with Crippen LogP contribution in [0.3, 0.4) is 0 Å². The number of ether oxygens (including phenoxy) is 2. The van der Waals surface area contributed by atoms with Crippen molar-refractivity contribution in [3.63, 3.8) is 0 Å². The predicted octanol–water partition coefficient (Wildman–Crippen LogP) is 2.00. The lowest BCUT2D eigenvalue weighted by atomic mass is 10.2. The molecule has 0 fully saturated rings. The van der Waals surface area contributed by atoms with Crippen molar-refractivity contribution < 1.29 is 9.47 Å². The summed E-state index contributed by atoms with van der Waals surface area (Å²) in [6.45, 7) is 1.49. The van der Waals surface area contributed by atoms with Gasteiger partial charge in [0.25, 0.3) is 0 Å². The van der Waals surface area contributed by atoms with Crippen LogP contribution in [0.25, 0.3) is 0 Å². The first kappa shape index (κ1) is 12.4. The maximum Gasteiger partial charge on any atom is 0.137 e. The van der Waals surface area contributed by atoms with Gasteiger partial charge in [-0.15, -0.1) is 0 Å². The quantitative estimate of drug-likeness (QED) is 0.790. The smallest absolute Gasteiger partial charge is 0.137 e. The fraction of sp³-hybridized carbons (Fsp3) is 0.214. The molecule has 2 rings (SSSR count). The summed E-state index contributed by atoms with van der Waals surface area (Å²) in [5, 5.41) is 0. The van der Waals surface area contributed by atoms with Crippen molar-refractivity contribution in [2.24, 2.45) is 5.73 Å². The van der Waals surface area contributed by atoms with E-state index >= 15 is 0 Å². The molecule has 0 bridgehead atoms. The molecule has 2 N–H and O–H groups in total. The molecule has 2 aromatic rings. The van der Waals surface area contributed by atoms with Crippen LogP contribution < -0.4 is 15.2 Å². The average molecular weight is 244 g/mol. The third-order valence-electron chi connectivity index (χ3n) is 2.39. The molecule has 1 aromatic heterocycles. The molecule has 4 heteroatoms. The van der Waals surface area contributed by atoms with Gasteiger partial charge in [-0.05, 0) is 29.8 Å². The first-order valence-corrected chi connectivity index (χ1v) is 5.83. The Balaban J connectivity index is 1.75. The summed E-state index contributed by atoms with van der Waals surface area (Å²) in [5.41, 5.74) is 6.62. The van der Waals surface area contributed by atoms with Crippen LogP contribution in [-0.4, -0.2) is 18.2 Å². The summed E-state index contributed by atoms with van der Waals surface area (Å²) in [5.74, 6) is 1.56. The number of pyridine rings is 1. The fourth-order valence-corrected chi connectivity index (χ4v) is 1.51. The summed E-state index contributed by atoms with van der Waals surface area (Å²) in [6.07, 6.45) is 3.39. The van der Waals surface area contributed by atoms with Crippen molar-refractivity contribution in [1.82, 2.24) is 4.98 Å². The molecule has 0 saturated heterocycles. The molecule has 94 valence electrons. The number of nitrogens with two attached hydrogens (primary N) is 1. The number of aromatic nitrogens is 1. The molecule has 1 heterocycles. The first-order valence-electron chi connectivity index (χ1n) is 5.83. The zero-order chi connectivity index (χ0) is 12.6. The van der Waals surface area contributed by atoms with E-state index in [1.54, 1.807) is 12.4 Å². The van der Waals surface area contributed by atoms with E-state index in [1.165, 1.54) is 0 Å². The van der Waals surface area contributed by atoms with Gasteiger partial charge in [0.15, 0.2) is 0 Å². The van der Waals surface area contributed by atoms with Gasteiger partial charge in [0.1, 0.15) is 24.7 Å². The molecule has 0 aliphatic rings. The molecule has 0 radical (unpaired) electrons. The second-order valence-corrected chi connectivity index (χ2v) is 3.74. The number of benzene rings is 1. The highest BCUT2D eigenvalue weighted by atomic mass is 16.5. The van der Waals surface area contributed by atoms with E-state index in [9.17, 15) is 0 Å². The minimum absolute atomic E-state index is 0.485. The third-order valence-corrected chi connectivity index (χ3v) is 2.39. The van der Waals surface area contributed by atoms with Crippen LogP contribution in [0.4, 0.5) is 0 Å². The van der Waals surface area contributed by atoms with E-state index in [2.05, 4.69) is 4.98 Å². The summed E-state index contributed by atoms with van der Waals surface area (Å²) in [7, 11) is 0. The van der Waals surface area contributed by atoms with Crippen LogP contribution in [0, 0.1) is 0 Å². The van der Waals surface area contributed by atoms with Gasteiger partial charge in [-0.3, -0.25) is 4.98 Å². The zero-order valence-corrected chi connectivity index (χ0v) is 10.1. The fourth-order valence-electron chi connectivity index (χ4n) is 1.51. The highest BCUT2D eigenvalue weighted by molar-refractivity contribution is 5.28. The summed E-state index contributed by atoms with van der Waals surface area (Å²) < 4.78 is 11.0. The van der Waals surface area contributed by atoms with Crippen molar-refractivity contribution in [3.8, 4) is 11.5 Å². The Morgan fingerprint density at radius 3 is 2.50 bits per heavy atom. The highest BCUT2D eigenvalue weighted by Gasteiger charge is 1.96. The van der Waals surface area contributed by atoms with Crippen molar-refractivity contribution in [2.45, 2.75) is 6.54 Å². The molecule has 0 atom stereocenters. The van der Waals surface area contributed by atoms with Crippen LogP contribution in [0.5, 0.6) is 11.5 Å². The lowest BCUT2D eigenvalue weighted by Gasteiger charge is -2.08. The van der Waals surface area contributed by atoms with Gasteiger partial charge in [0.05, 0.1) is 6.20 Å². The SMILES string of the molecule is NCc1cccc(OCCOc2cccnc2)c1. The van der Waals surface area contributed by atoms with Gasteiger partial charge >= 0.3 is 0 Å². The summed E-state index contributed by atoms with van der Waals surface area (Å²) >= 11 is 0. The molecule has 0 aliphatic heterocycles. The second kappa shape index (κ2) is 6.61. The summed E-state index contributed by atoms with van der Waals surface area (Å²) in [4.78, 5) is 3.96. The third kappa shape index (κ3) is 3.75. The second-order valence-electron chi connectivity index (χ2n) is 3.74. The Morgan fingerprint density at radius 1 is 1.00 bits per heavy atom. The summed E-state index contributed by atoms with van der Waals surface area (Å²) in [6, 6.07) is 11.4. The topological polar surface area (TPSA) is 57.4 Å². The van der Waals surface area contributed by atoms with Crippen LogP contribution in [0.15, 0.2) is 48.8 Å². The molecular formula is C14H16N2O2. The Labute approximate surface area is 106 Å². The molecule has 0 aliphatic carbocycles. The van der Waals surface area contributed by atoms with Gasteiger partial charge in [-0.1, -0.05) is 12.1 Å². The standard InChI is InChI=1S/C14H16N2O2/c15-10-12-3-1-4-13(9-12)17-7-8-18-14-5-2-6-16-11-14/h1-6,9,11H,7-8,10,15H2. The van der Waals surface area contributed by atoms with E-state index in [0.29, 0.717) is 19.8 Å². The van der Waals surface area contributed by atoms with E-state index in [-0.39, 0.29) is 0 Å². The Hall–Kier alpha value is -2.07. The monoisotopic (exact) mass is 244 g/mol. The van der Waals surface area contributed by atoms with Gasteiger partial charge in [-0.2, -0.15) is 0 Å². The molecule has 4 nitrogen and oxygen atoms in total. The molecule has 0 spiro atoms. The van der Waals surface area contributed by atoms with Crippen molar-refractivity contribution in [1.29, 1.82) is 0 Å². The van der Waals surface area contributed by atoms with E-state index in [4.69, 9.17) is 15.2 Å². The van der Waals surface area contributed by atoms with Crippen molar-refractivity contribution in [3.05, 3.63) is 54.4 Å². The maximum absolute atomic E-state index is 5.57. The van der Waals surface area contributed by atoms with Gasteiger partial charge < -0.3 is 15.2 Å². The molecular weight excluding hydrogens is 228 g/mol. The first-order chi connectivity index (χ1) is 8.88. The maximum atomic E-state index is 5.57. The van der Waals surface area contributed by atoms with E-state index in [0.717, 1.165) is 17.1 Å². The molecule has 18 heavy (non-hydrogen) atoms. The van der Waals surface area contributed by atoms with Crippen molar-refractivity contribution in [2.75, 3.05) is 13.2 Å². The normalized spacial score (nSPS) is 10.1. The van der Waals surface area contributed by atoms with Crippen LogP contribution in [0.2, 0.25) is 0 Å². The molecule has 0 saturated carbocycles. The number of nitrogens with zero attached hydrogens (tertiary/aromatic N) is 1. The zero-order valence-electron chi connectivity index (χ0n) is 10.1. The minimum atomic E-state index is 0.485. The lowest BCUT2D eigenvalue weighted by Crippen LogP contribution is -2.09. The molecule has 0 unspecified atom stereocenters. The highest BCUT2D eigenvalue weighted by Crippen LogP contribution is 2.13. The predicted molar refractivity (Wildman–Crippen MR) is 69.6 cm³/mol. The lowest BCUT2D eigenvalue weighted by molar-refractivity contribution is 0.216. The number of rotatable bonds is 6. The van der Waals surface area contributed by atoms with E-state index in [1.807, 2.05) is 36.4 Å². The van der Waals surface area contributed by atoms with Crippen LogP contribution >= 0.6 is 0 Å².